The lowest BCUT2D eigenvalue weighted by molar-refractivity contribution is 1.24. The van der Waals surface area contributed by atoms with Crippen LogP contribution in [0.5, 0.6) is 0 Å². The molecular weight excluding hydrogens is 92.1 g/mol. The Labute approximate surface area is 44.7 Å². The van der Waals surface area contributed by atoms with Crippen LogP contribution in [0.25, 0.3) is 0 Å². The Hall–Kier alpha value is -0.0400. The third-order valence-corrected chi connectivity index (χ3v) is 1.02. The largest absolute Gasteiger partial charge is 0.175 e. The molecule has 0 amide bonds. The van der Waals surface area contributed by atoms with E-state index in [1.165, 1.54) is 0 Å². The molecule has 0 N–H and O–H groups in total. The van der Waals surface area contributed by atoms with Gasteiger partial charge in [-0.25, -0.2) is 0 Å². The third-order valence-electron chi connectivity index (χ3n) is 0.577. The summed E-state index contributed by atoms with van der Waals surface area (Å²) < 4.78 is 0. The van der Waals surface area contributed by atoms with Gasteiger partial charge in [0.15, 0.2) is 0 Å². The lowest BCUT2D eigenvalue weighted by Crippen LogP contribution is -1.74. The summed E-state index contributed by atoms with van der Waals surface area (Å²) in [6.07, 6.45) is 0.809. The minimum Gasteiger partial charge on any atom is -0.175 e. The second kappa shape index (κ2) is 3.16. The Kier molecular flexibility index (Phi) is 3.14. The quantitative estimate of drug-likeness (QED) is 0.305. The molecule has 0 bridgehead atoms. The molecule has 0 aromatic carbocycles. The molecule has 0 aliphatic carbocycles. The highest BCUT2D eigenvalue weighted by Gasteiger charge is 1.84. The van der Waals surface area contributed by atoms with Crippen molar-refractivity contribution in [2.75, 3.05) is 5.75 Å². The van der Waals surface area contributed by atoms with Crippen LogP contribution in [0.15, 0.2) is 12.2 Å². The molecule has 0 aromatic rings. The lowest BCUT2D eigenvalue weighted by Gasteiger charge is -1.83. The summed E-state index contributed by atoms with van der Waals surface area (Å²) in [5.41, 5.74) is 1.10. The van der Waals surface area contributed by atoms with Crippen molar-refractivity contribution >= 4 is 12.6 Å². The highest BCUT2D eigenvalue weighted by molar-refractivity contribution is 7.80. The summed E-state index contributed by atoms with van der Waals surface area (Å²) in [7, 11) is 0. The predicted molar refractivity (Wildman–Crippen MR) is 33.0 cm³/mol. The maximum atomic E-state index is 3.96. The number of thiol groups is 1. The molecule has 0 fully saturated rings. The Morgan fingerprint density at radius 3 is 2.33 bits per heavy atom. The minimum absolute atomic E-state index is 0.767. The maximum Gasteiger partial charge on any atom is 0.107 e. The van der Waals surface area contributed by atoms with Gasteiger partial charge in [0.1, 0.15) is 6.42 Å². The molecule has 6 heavy (non-hydrogen) atoms. The molecule has 34 valence electrons. The average molecular weight is 101 g/mol. The monoisotopic (exact) mass is 101 g/mol. The van der Waals surface area contributed by atoms with E-state index >= 15 is 0 Å². The van der Waals surface area contributed by atoms with Crippen LogP contribution in [0.1, 0.15) is 6.42 Å². The molecular formula is C5H9S+. The number of hydrogen-bond donors (Lipinski definition) is 1. The average Bonchev–Trinajstić information content (AvgIpc) is 1.65. The molecule has 0 nitrogen and oxygen atoms in total. The topological polar surface area (TPSA) is 0 Å². The van der Waals surface area contributed by atoms with Gasteiger partial charge in [0.2, 0.25) is 0 Å². The van der Waals surface area contributed by atoms with E-state index in [1.807, 2.05) is 0 Å². The molecule has 0 rings (SSSR count). The molecule has 0 aliphatic heterocycles. The van der Waals surface area contributed by atoms with E-state index in [4.69, 9.17) is 0 Å². The zero-order chi connectivity index (χ0) is 4.99. The fraction of sp³-hybridized carbons (Fsp3) is 0.400. The fourth-order valence-corrected chi connectivity index (χ4v) is 0.237. The van der Waals surface area contributed by atoms with E-state index in [-0.39, 0.29) is 0 Å². The molecule has 0 saturated heterocycles. The van der Waals surface area contributed by atoms with Crippen LogP contribution in [0, 0.1) is 6.92 Å². The molecule has 0 atom stereocenters. The summed E-state index contributed by atoms with van der Waals surface area (Å²) in [4.78, 5) is 0. The van der Waals surface area contributed by atoms with Crippen LogP contribution in [0.3, 0.4) is 0 Å². The van der Waals surface area contributed by atoms with Crippen molar-refractivity contribution in [3.8, 4) is 0 Å². The summed E-state index contributed by atoms with van der Waals surface area (Å²) in [5, 5.41) is 0. The van der Waals surface area contributed by atoms with Gasteiger partial charge in [-0.1, -0.05) is 6.58 Å². The Morgan fingerprint density at radius 2 is 2.33 bits per heavy atom. The molecule has 0 spiro atoms. The fourth-order valence-electron chi connectivity index (χ4n) is 0.0791. The van der Waals surface area contributed by atoms with Gasteiger partial charge in [-0.3, -0.25) is 0 Å². The van der Waals surface area contributed by atoms with Crippen molar-refractivity contribution < 1.29 is 0 Å². The van der Waals surface area contributed by atoms with Crippen molar-refractivity contribution in [1.29, 1.82) is 0 Å². The smallest absolute Gasteiger partial charge is 0.107 e. The molecule has 0 radical (unpaired) electrons. The van der Waals surface area contributed by atoms with Crippen molar-refractivity contribution in [2.24, 2.45) is 0 Å². The third kappa shape index (κ3) is 2.21. The minimum atomic E-state index is 0.767. The van der Waals surface area contributed by atoms with Crippen LogP contribution in [0.4, 0.5) is 0 Å². The van der Waals surface area contributed by atoms with Crippen LogP contribution < -0.4 is 0 Å². The summed E-state index contributed by atoms with van der Waals surface area (Å²) in [5.74, 6) is 0.767. The standard InChI is InChI=1S/C5H8S/c1-3-5(2)4-6/h1-4H2/p+1. The lowest BCUT2D eigenvalue weighted by atomic mass is 10.3. The second-order valence-corrected chi connectivity index (χ2v) is 1.47. The predicted octanol–water partition coefficient (Wildman–Crippen LogP) is 1.70. The van der Waals surface area contributed by atoms with Gasteiger partial charge in [0.25, 0.3) is 0 Å². The normalized spacial score (nSPS) is 8.17. The molecule has 0 heterocycles. The van der Waals surface area contributed by atoms with Crippen molar-refractivity contribution in [2.45, 2.75) is 6.42 Å². The van der Waals surface area contributed by atoms with Gasteiger partial charge < -0.3 is 0 Å². The van der Waals surface area contributed by atoms with Crippen LogP contribution >= 0.6 is 12.6 Å². The Bertz CT molecular complexity index is 41.9. The SMILES string of the molecule is C=C(C[CH2+])CS. The summed E-state index contributed by atoms with van der Waals surface area (Å²) >= 11 is 3.96. The van der Waals surface area contributed by atoms with Crippen molar-refractivity contribution in [1.82, 2.24) is 0 Å². The van der Waals surface area contributed by atoms with E-state index in [1.54, 1.807) is 0 Å². The zero-order valence-electron chi connectivity index (χ0n) is 3.78. The molecule has 0 aromatic heterocycles. The van der Waals surface area contributed by atoms with Crippen LogP contribution in [-0.4, -0.2) is 5.75 Å². The van der Waals surface area contributed by atoms with Gasteiger partial charge in [-0.2, -0.15) is 12.6 Å². The Morgan fingerprint density at radius 1 is 1.83 bits per heavy atom. The van der Waals surface area contributed by atoms with E-state index in [0.29, 0.717) is 0 Å². The molecule has 0 saturated carbocycles. The first-order valence-corrected chi connectivity index (χ1v) is 2.51. The van der Waals surface area contributed by atoms with E-state index in [2.05, 4.69) is 26.1 Å². The van der Waals surface area contributed by atoms with Crippen molar-refractivity contribution in [3.63, 3.8) is 0 Å². The highest BCUT2D eigenvalue weighted by Crippen LogP contribution is 1.95. The van der Waals surface area contributed by atoms with Gasteiger partial charge in [-0.15, -0.1) is 0 Å². The van der Waals surface area contributed by atoms with Gasteiger partial charge in [-0.05, 0) is 5.57 Å². The van der Waals surface area contributed by atoms with Crippen LogP contribution in [-0.2, 0) is 0 Å². The van der Waals surface area contributed by atoms with Gasteiger partial charge >= 0.3 is 0 Å². The maximum absolute atomic E-state index is 3.96. The first-order valence-electron chi connectivity index (χ1n) is 1.88. The number of hydrogen-bond acceptors (Lipinski definition) is 1. The van der Waals surface area contributed by atoms with Crippen LogP contribution in [0.2, 0.25) is 0 Å². The summed E-state index contributed by atoms with van der Waals surface area (Å²) in [6.45, 7) is 7.26. The van der Waals surface area contributed by atoms with E-state index in [9.17, 15) is 0 Å². The summed E-state index contributed by atoms with van der Waals surface area (Å²) in [6, 6.07) is 0. The van der Waals surface area contributed by atoms with E-state index in [0.717, 1.165) is 17.7 Å². The first-order chi connectivity index (χ1) is 2.81. The number of rotatable bonds is 2. The highest BCUT2D eigenvalue weighted by atomic mass is 32.1. The molecule has 0 aliphatic rings. The molecule has 1 heteroatoms. The van der Waals surface area contributed by atoms with Crippen molar-refractivity contribution in [3.05, 3.63) is 19.1 Å². The second-order valence-electron chi connectivity index (χ2n) is 1.16. The van der Waals surface area contributed by atoms with Gasteiger partial charge in [0.05, 0.1) is 6.92 Å². The molecule has 0 unspecified atom stereocenters. The van der Waals surface area contributed by atoms with Gasteiger partial charge in [0, 0.05) is 5.75 Å². The van der Waals surface area contributed by atoms with E-state index < -0.39 is 0 Å². The first kappa shape index (κ1) is 5.96. The Balaban J connectivity index is 2.99. The zero-order valence-corrected chi connectivity index (χ0v) is 4.67.